The average molecular weight is 354 g/mol. The lowest BCUT2D eigenvalue weighted by Crippen LogP contribution is -2.02. The van der Waals surface area contributed by atoms with Gasteiger partial charge in [-0.25, -0.2) is 8.78 Å². The highest BCUT2D eigenvalue weighted by Gasteiger charge is 2.14. The van der Waals surface area contributed by atoms with E-state index in [1.54, 1.807) is 12.1 Å². The lowest BCUT2D eigenvalue weighted by atomic mass is 10.00. The summed E-state index contributed by atoms with van der Waals surface area (Å²) in [5.74, 6) is -1.84. The van der Waals surface area contributed by atoms with Crippen LogP contribution < -0.4 is 4.74 Å². The Kier molecular flexibility index (Phi) is 5.27. The minimum atomic E-state index is -1.01. The fraction of sp³-hybridized carbons (Fsp3) is 0.0952. The van der Waals surface area contributed by atoms with Gasteiger partial charge in [0.25, 0.3) is 0 Å². The van der Waals surface area contributed by atoms with Crippen LogP contribution in [0.2, 0.25) is 0 Å². The zero-order valence-corrected chi connectivity index (χ0v) is 13.8. The Hall–Kier alpha value is -3.21. The second kappa shape index (κ2) is 7.78. The Bertz CT molecular complexity index is 924. The van der Waals surface area contributed by atoms with Crippen LogP contribution in [-0.4, -0.2) is 11.1 Å². The van der Waals surface area contributed by atoms with Crippen molar-refractivity contribution in [1.29, 1.82) is 0 Å². The zero-order chi connectivity index (χ0) is 18.5. The van der Waals surface area contributed by atoms with Gasteiger partial charge in [-0.15, -0.1) is 0 Å². The molecule has 0 fully saturated rings. The molecule has 0 aliphatic heterocycles. The van der Waals surface area contributed by atoms with Gasteiger partial charge in [0.1, 0.15) is 24.0 Å². The molecule has 0 amide bonds. The first-order chi connectivity index (χ1) is 12.5. The molecule has 1 N–H and O–H groups in total. The molecule has 3 aromatic carbocycles. The summed E-state index contributed by atoms with van der Waals surface area (Å²) in [6, 6.07) is 17.3. The molecule has 3 nitrogen and oxygen atoms in total. The van der Waals surface area contributed by atoms with Crippen molar-refractivity contribution >= 4 is 5.97 Å². The molecule has 0 saturated carbocycles. The van der Waals surface area contributed by atoms with Crippen molar-refractivity contribution in [2.45, 2.75) is 13.0 Å². The molecule has 0 atom stereocenters. The summed E-state index contributed by atoms with van der Waals surface area (Å²) >= 11 is 0. The third kappa shape index (κ3) is 4.25. The van der Waals surface area contributed by atoms with Gasteiger partial charge in [-0.3, -0.25) is 4.79 Å². The van der Waals surface area contributed by atoms with E-state index in [1.807, 2.05) is 30.3 Å². The van der Waals surface area contributed by atoms with Gasteiger partial charge >= 0.3 is 5.97 Å². The monoisotopic (exact) mass is 354 g/mol. The van der Waals surface area contributed by atoms with Crippen LogP contribution >= 0.6 is 0 Å². The summed E-state index contributed by atoms with van der Waals surface area (Å²) in [6.07, 6.45) is -0.219. The Labute approximate surface area is 149 Å². The second-order valence-corrected chi connectivity index (χ2v) is 5.80. The standard InChI is InChI=1S/C21H16F2O3/c22-16-7-8-19(23)17(12-16)18-10-15(11-21(24)25)6-9-20(18)26-13-14-4-2-1-3-5-14/h1-10,12H,11,13H2,(H,24,25). The van der Waals surface area contributed by atoms with E-state index in [2.05, 4.69) is 0 Å². The molecular formula is C21H16F2O3. The first kappa shape index (κ1) is 17.6. The highest BCUT2D eigenvalue weighted by Crippen LogP contribution is 2.34. The summed E-state index contributed by atoms with van der Waals surface area (Å²) in [5, 5.41) is 8.98. The van der Waals surface area contributed by atoms with E-state index in [0.29, 0.717) is 16.9 Å². The van der Waals surface area contributed by atoms with Crippen LogP contribution in [0.15, 0.2) is 66.7 Å². The quantitative estimate of drug-likeness (QED) is 0.689. The molecular weight excluding hydrogens is 338 g/mol. The molecule has 26 heavy (non-hydrogen) atoms. The van der Waals surface area contributed by atoms with Crippen LogP contribution in [0.1, 0.15) is 11.1 Å². The highest BCUT2D eigenvalue weighted by atomic mass is 19.1. The van der Waals surface area contributed by atoms with E-state index in [9.17, 15) is 13.6 Å². The fourth-order valence-electron chi connectivity index (χ4n) is 2.64. The van der Waals surface area contributed by atoms with E-state index in [-0.39, 0.29) is 18.6 Å². The predicted octanol–water partition coefficient (Wildman–Crippen LogP) is 4.84. The van der Waals surface area contributed by atoms with Gasteiger partial charge in [-0.1, -0.05) is 36.4 Å². The van der Waals surface area contributed by atoms with Crippen LogP contribution in [0, 0.1) is 11.6 Å². The maximum Gasteiger partial charge on any atom is 0.307 e. The summed E-state index contributed by atoms with van der Waals surface area (Å²) in [4.78, 5) is 11.0. The van der Waals surface area contributed by atoms with Crippen molar-refractivity contribution in [3.05, 3.63) is 89.5 Å². The molecule has 0 aromatic heterocycles. The highest BCUT2D eigenvalue weighted by molar-refractivity contribution is 5.75. The van der Waals surface area contributed by atoms with Gasteiger partial charge in [-0.05, 0) is 41.5 Å². The maximum atomic E-state index is 14.3. The Balaban J connectivity index is 1.99. The number of benzene rings is 3. The molecule has 0 bridgehead atoms. The largest absolute Gasteiger partial charge is 0.488 e. The molecule has 3 aromatic rings. The number of hydrogen-bond donors (Lipinski definition) is 1. The SMILES string of the molecule is O=C(O)Cc1ccc(OCc2ccccc2)c(-c2cc(F)ccc2F)c1. The number of carboxylic acids is 1. The minimum absolute atomic E-state index is 0.0281. The van der Waals surface area contributed by atoms with Crippen molar-refractivity contribution in [3.8, 4) is 16.9 Å². The van der Waals surface area contributed by atoms with Crippen molar-refractivity contribution in [3.63, 3.8) is 0 Å². The van der Waals surface area contributed by atoms with Gasteiger partial charge in [0.2, 0.25) is 0 Å². The Morgan fingerprint density at radius 1 is 0.885 bits per heavy atom. The first-order valence-corrected chi connectivity index (χ1v) is 8.00. The number of aliphatic carboxylic acids is 1. The molecule has 0 unspecified atom stereocenters. The Morgan fingerprint density at radius 2 is 1.65 bits per heavy atom. The minimum Gasteiger partial charge on any atom is -0.488 e. The smallest absolute Gasteiger partial charge is 0.307 e. The van der Waals surface area contributed by atoms with E-state index in [4.69, 9.17) is 9.84 Å². The van der Waals surface area contributed by atoms with E-state index in [0.717, 1.165) is 23.8 Å². The van der Waals surface area contributed by atoms with Crippen LogP contribution in [0.5, 0.6) is 5.75 Å². The summed E-state index contributed by atoms with van der Waals surface area (Å²) in [5.41, 5.74) is 1.74. The molecule has 0 aliphatic rings. The van der Waals surface area contributed by atoms with Crippen molar-refractivity contribution in [2.75, 3.05) is 0 Å². The number of carboxylic acid groups (broad SMARTS) is 1. The number of hydrogen-bond acceptors (Lipinski definition) is 2. The van der Waals surface area contributed by atoms with Gasteiger partial charge in [0, 0.05) is 11.1 Å². The number of ether oxygens (including phenoxy) is 1. The molecule has 0 spiro atoms. The average Bonchev–Trinajstić information content (AvgIpc) is 2.63. The molecule has 0 saturated heterocycles. The van der Waals surface area contributed by atoms with Gasteiger partial charge in [-0.2, -0.15) is 0 Å². The van der Waals surface area contributed by atoms with Crippen molar-refractivity contribution in [2.24, 2.45) is 0 Å². The van der Waals surface area contributed by atoms with Crippen molar-refractivity contribution < 1.29 is 23.4 Å². The van der Waals surface area contributed by atoms with Crippen LogP contribution in [0.4, 0.5) is 8.78 Å². The van der Waals surface area contributed by atoms with E-state index >= 15 is 0 Å². The molecule has 0 heterocycles. The van der Waals surface area contributed by atoms with E-state index in [1.165, 1.54) is 6.07 Å². The number of carbonyl (C=O) groups is 1. The molecule has 0 radical (unpaired) electrons. The van der Waals surface area contributed by atoms with Crippen LogP contribution in [0.25, 0.3) is 11.1 Å². The van der Waals surface area contributed by atoms with Crippen LogP contribution in [-0.2, 0) is 17.8 Å². The summed E-state index contributed by atoms with van der Waals surface area (Å²) in [6.45, 7) is 0.253. The third-order valence-corrected chi connectivity index (χ3v) is 3.86. The zero-order valence-electron chi connectivity index (χ0n) is 13.8. The third-order valence-electron chi connectivity index (χ3n) is 3.86. The fourth-order valence-corrected chi connectivity index (χ4v) is 2.64. The summed E-state index contributed by atoms with van der Waals surface area (Å²) in [7, 11) is 0. The van der Waals surface area contributed by atoms with E-state index < -0.39 is 17.6 Å². The van der Waals surface area contributed by atoms with Gasteiger partial charge in [0.05, 0.1) is 6.42 Å². The maximum absolute atomic E-state index is 14.3. The lowest BCUT2D eigenvalue weighted by molar-refractivity contribution is -0.136. The lowest BCUT2D eigenvalue weighted by Gasteiger charge is -2.14. The Morgan fingerprint density at radius 3 is 2.38 bits per heavy atom. The summed E-state index contributed by atoms with van der Waals surface area (Å²) < 4.78 is 33.7. The van der Waals surface area contributed by atoms with Gasteiger partial charge in [0.15, 0.2) is 0 Å². The molecule has 0 aliphatic carbocycles. The molecule has 132 valence electrons. The molecule has 5 heteroatoms. The topological polar surface area (TPSA) is 46.5 Å². The normalized spacial score (nSPS) is 10.5. The van der Waals surface area contributed by atoms with Gasteiger partial charge < -0.3 is 9.84 Å². The van der Waals surface area contributed by atoms with Crippen LogP contribution in [0.3, 0.4) is 0 Å². The predicted molar refractivity (Wildman–Crippen MR) is 93.9 cm³/mol. The number of rotatable bonds is 6. The molecule has 3 rings (SSSR count). The second-order valence-electron chi connectivity index (χ2n) is 5.80. The number of halogens is 2. The first-order valence-electron chi connectivity index (χ1n) is 8.00. The van der Waals surface area contributed by atoms with Crippen molar-refractivity contribution in [1.82, 2.24) is 0 Å².